The van der Waals surface area contributed by atoms with Crippen molar-refractivity contribution in [2.45, 2.75) is 44.6 Å². The second-order valence-corrected chi connectivity index (χ2v) is 5.83. The molecular formula is C14H19BrFN. The lowest BCUT2D eigenvalue weighted by atomic mass is 9.95. The third kappa shape index (κ3) is 3.29. The van der Waals surface area contributed by atoms with E-state index in [4.69, 9.17) is 5.73 Å². The molecule has 1 unspecified atom stereocenters. The summed E-state index contributed by atoms with van der Waals surface area (Å²) in [6, 6.07) is 5.17. The zero-order valence-electron chi connectivity index (χ0n) is 9.96. The van der Waals surface area contributed by atoms with Crippen molar-refractivity contribution in [1.82, 2.24) is 0 Å². The lowest BCUT2D eigenvalue weighted by Gasteiger charge is -2.16. The third-order valence-corrected chi connectivity index (χ3v) is 4.35. The van der Waals surface area contributed by atoms with Crippen LogP contribution in [-0.4, -0.2) is 0 Å². The van der Waals surface area contributed by atoms with Crippen LogP contribution in [0, 0.1) is 11.7 Å². The summed E-state index contributed by atoms with van der Waals surface area (Å²) in [7, 11) is 0. The quantitative estimate of drug-likeness (QED) is 0.866. The van der Waals surface area contributed by atoms with Gasteiger partial charge < -0.3 is 5.73 Å². The third-order valence-electron chi connectivity index (χ3n) is 3.74. The molecule has 0 spiro atoms. The molecule has 0 bridgehead atoms. The number of hydrogen-bond donors (Lipinski definition) is 1. The normalized spacial score (nSPS) is 18.5. The summed E-state index contributed by atoms with van der Waals surface area (Å²) in [5.74, 6) is 0.614. The van der Waals surface area contributed by atoms with Gasteiger partial charge in [0.1, 0.15) is 5.82 Å². The van der Waals surface area contributed by atoms with Gasteiger partial charge in [0.25, 0.3) is 0 Å². The summed E-state index contributed by atoms with van der Waals surface area (Å²) in [5, 5.41) is 0. The lowest BCUT2D eigenvalue weighted by Crippen LogP contribution is -2.13. The number of rotatable bonds is 4. The predicted octanol–water partition coefficient (Wildman–Crippen LogP) is 4.56. The second-order valence-electron chi connectivity index (χ2n) is 4.98. The first kappa shape index (κ1) is 13.0. The largest absolute Gasteiger partial charge is 0.324 e. The van der Waals surface area contributed by atoms with Crippen LogP contribution < -0.4 is 5.73 Å². The average molecular weight is 300 g/mol. The Morgan fingerprint density at radius 3 is 2.76 bits per heavy atom. The molecule has 0 heterocycles. The van der Waals surface area contributed by atoms with Crippen molar-refractivity contribution in [3.8, 4) is 0 Å². The first-order valence-corrected chi connectivity index (χ1v) is 7.17. The van der Waals surface area contributed by atoms with Gasteiger partial charge >= 0.3 is 0 Å². The summed E-state index contributed by atoms with van der Waals surface area (Å²) in [6.07, 6.45) is 7.38. The van der Waals surface area contributed by atoms with Crippen molar-refractivity contribution in [1.29, 1.82) is 0 Å². The fourth-order valence-electron chi connectivity index (χ4n) is 2.68. The van der Waals surface area contributed by atoms with E-state index in [1.807, 2.05) is 6.07 Å². The molecule has 2 rings (SSSR count). The Morgan fingerprint density at radius 1 is 1.35 bits per heavy atom. The minimum Gasteiger partial charge on any atom is -0.324 e. The maximum atomic E-state index is 13.8. The SMILES string of the molecule is NC(CCC1CCCC1)c1cccc(Br)c1F. The van der Waals surface area contributed by atoms with Crippen LogP contribution in [0.4, 0.5) is 4.39 Å². The van der Waals surface area contributed by atoms with E-state index in [-0.39, 0.29) is 11.9 Å². The lowest BCUT2D eigenvalue weighted by molar-refractivity contribution is 0.446. The van der Waals surface area contributed by atoms with Crippen LogP contribution >= 0.6 is 15.9 Å². The molecule has 1 aliphatic rings. The van der Waals surface area contributed by atoms with E-state index in [9.17, 15) is 4.39 Å². The van der Waals surface area contributed by atoms with Gasteiger partial charge in [0.2, 0.25) is 0 Å². The van der Waals surface area contributed by atoms with E-state index in [2.05, 4.69) is 15.9 Å². The fourth-order valence-corrected chi connectivity index (χ4v) is 3.06. The van der Waals surface area contributed by atoms with Gasteiger partial charge in [-0.3, -0.25) is 0 Å². The molecule has 1 atom stereocenters. The number of benzene rings is 1. The monoisotopic (exact) mass is 299 g/mol. The molecule has 1 saturated carbocycles. The van der Waals surface area contributed by atoms with E-state index in [0.717, 1.165) is 18.8 Å². The summed E-state index contributed by atoms with van der Waals surface area (Å²) < 4.78 is 14.3. The zero-order chi connectivity index (χ0) is 12.3. The van der Waals surface area contributed by atoms with Gasteiger partial charge in [-0.1, -0.05) is 37.8 Å². The molecule has 1 aromatic rings. The maximum absolute atomic E-state index is 13.8. The molecule has 1 nitrogen and oxygen atoms in total. The van der Waals surface area contributed by atoms with Gasteiger partial charge in [0.15, 0.2) is 0 Å². The van der Waals surface area contributed by atoms with Crippen LogP contribution in [0.1, 0.15) is 50.1 Å². The highest BCUT2D eigenvalue weighted by molar-refractivity contribution is 9.10. The van der Waals surface area contributed by atoms with Gasteiger partial charge in [-0.05, 0) is 40.8 Å². The highest BCUT2D eigenvalue weighted by Gasteiger charge is 2.18. The van der Waals surface area contributed by atoms with Gasteiger partial charge in [0, 0.05) is 11.6 Å². The number of halogens is 2. The van der Waals surface area contributed by atoms with Gasteiger partial charge in [0.05, 0.1) is 4.47 Å². The molecule has 1 aromatic carbocycles. The Hall–Kier alpha value is -0.410. The van der Waals surface area contributed by atoms with Crippen molar-refractivity contribution >= 4 is 15.9 Å². The minimum atomic E-state index is -0.202. The van der Waals surface area contributed by atoms with E-state index < -0.39 is 0 Å². The van der Waals surface area contributed by atoms with E-state index in [1.165, 1.54) is 25.7 Å². The van der Waals surface area contributed by atoms with Crippen LogP contribution in [0.15, 0.2) is 22.7 Å². The van der Waals surface area contributed by atoms with Crippen molar-refractivity contribution in [2.75, 3.05) is 0 Å². The van der Waals surface area contributed by atoms with Gasteiger partial charge in [-0.25, -0.2) is 4.39 Å². The zero-order valence-corrected chi connectivity index (χ0v) is 11.5. The Labute approximate surface area is 111 Å². The molecule has 0 aromatic heterocycles. The van der Waals surface area contributed by atoms with Crippen LogP contribution in [0.25, 0.3) is 0 Å². The van der Waals surface area contributed by atoms with Gasteiger partial charge in [-0.15, -0.1) is 0 Å². The molecule has 0 amide bonds. The smallest absolute Gasteiger partial charge is 0.142 e. The topological polar surface area (TPSA) is 26.0 Å². The molecule has 1 fully saturated rings. The van der Waals surface area contributed by atoms with E-state index in [1.54, 1.807) is 12.1 Å². The Balaban J connectivity index is 1.94. The number of nitrogens with two attached hydrogens (primary N) is 1. The minimum absolute atomic E-state index is 0.173. The van der Waals surface area contributed by atoms with E-state index >= 15 is 0 Å². The van der Waals surface area contributed by atoms with Crippen molar-refractivity contribution < 1.29 is 4.39 Å². The highest BCUT2D eigenvalue weighted by atomic mass is 79.9. The molecule has 0 radical (unpaired) electrons. The van der Waals surface area contributed by atoms with Crippen molar-refractivity contribution in [3.05, 3.63) is 34.1 Å². The summed E-state index contributed by atoms with van der Waals surface area (Å²) in [4.78, 5) is 0. The molecule has 1 aliphatic carbocycles. The molecule has 17 heavy (non-hydrogen) atoms. The number of hydrogen-bond acceptors (Lipinski definition) is 1. The van der Waals surface area contributed by atoms with Crippen LogP contribution in [0.5, 0.6) is 0 Å². The summed E-state index contributed by atoms with van der Waals surface area (Å²) in [5.41, 5.74) is 6.72. The first-order chi connectivity index (χ1) is 8.18. The first-order valence-electron chi connectivity index (χ1n) is 6.38. The maximum Gasteiger partial charge on any atom is 0.142 e. The Kier molecular flexibility index (Phi) is 4.57. The molecular weight excluding hydrogens is 281 g/mol. The fraction of sp³-hybridized carbons (Fsp3) is 0.571. The van der Waals surface area contributed by atoms with Crippen LogP contribution in [0.2, 0.25) is 0 Å². The molecule has 0 saturated heterocycles. The van der Waals surface area contributed by atoms with Crippen molar-refractivity contribution in [3.63, 3.8) is 0 Å². The Bertz CT molecular complexity index is 374. The summed E-state index contributed by atoms with van der Waals surface area (Å²) >= 11 is 3.20. The van der Waals surface area contributed by atoms with E-state index in [0.29, 0.717) is 10.0 Å². The Morgan fingerprint density at radius 2 is 2.06 bits per heavy atom. The van der Waals surface area contributed by atoms with Gasteiger partial charge in [-0.2, -0.15) is 0 Å². The van der Waals surface area contributed by atoms with Crippen molar-refractivity contribution in [2.24, 2.45) is 11.7 Å². The van der Waals surface area contributed by atoms with Crippen LogP contribution in [0.3, 0.4) is 0 Å². The molecule has 94 valence electrons. The highest BCUT2D eigenvalue weighted by Crippen LogP contribution is 2.32. The molecule has 2 N–H and O–H groups in total. The summed E-state index contributed by atoms with van der Waals surface area (Å²) in [6.45, 7) is 0. The predicted molar refractivity (Wildman–Crippen MR) is 72.2 cm³/mol. The molecule has 3 heteroatoms. The average Bonchev–Trinajstić information content (AvgIpc) is 2.82. The standard InChI is InChI=1S/C14H19BrFN/c15-12-7-3-6-11(14(12)16)13(17)9-8-10-4-1-2-5-10/h3,6-7,10,13H,1-2,4-5,8-9,17H2. The second kappa shape index (κ2) is 5.96. The molecule has 0 aliphatic heterocycles. The van der Waals surface area contributed by atoms with Crippen LogP contribution in [-0.2, 0) is 0 Å².